The summed E-state index contributed by atoms with van der Waals surface area (Å²) < 4.78 is 34.2. The molecule has 5 rings (SSSR count). The maximum atomic E-state index is 13.2. The van der Waals surface area contributed by atoms with Gasteiger partial charge in [-0.15, -0.1) is 0 Å². The van der Waals surface area contributed by atoms with Crippen LogP contribution >= 0.6 is 0 Å². The number of carboxylic acid groups (broad SMARTS) is 1. The van der Waals surface area contributed by atoms with Crippen molar-refractivity contribution in [3.05, 3.63) is 95.6 Å². The molecule has 3 atom stereocenters. The smallest absolute Gasteiger partial charge is 0.335 e. The van der Waals surface area contributed by atoms with Crippen LogP contribution in [0.3, 0.4) is 0 Å². The van der Waals surface area contributed by atoms with Crippen LogP contribution in [0.15, 0.2) is 83.8 Å². The van der Waals surface area contributed by atoms with Gasteiger partial charge in [-0.25, -0.2) is 13.2 Å². The normalized spacial score (nSPS) is 20.7. The van der Waals surface area contributed by atoms with Gasteiger partial charge >= 0.3 is 5.97 Å². The summed E-state index contributed by atoms with van der Waals surface area (Å²) in [6, 6.07) is 18.9. The molecule has 0 saturated heterocycles. The Morgan fingerprint density at radius 2 is 1.85 bits per heavy atom. The molecule has 0 saturated carbocycles. The van der Waals surface area contributed by atoms with Crippen molar-refractivity contribution in [1.29, 1.82) is 0 Å². The van der Waals surface area contributed by atoms with Gasteiger partial charge in [0.25, 0.3) is 10.0 Å². The van der Waals surface area contributed by atoms with Crippen molar-refractivity contribution >= 4 is 27.4 Å². The Morgan fingerprint density at radius 3 is 2.59 bits per heavy atom. The molecular formula is C26H24N2O5S. The number of carboxylic acids is 1. The van der Waals surface area contributed by atoms with Crippen molar-refractivity contribution in [2.24, 2.45) is 5.92 Å². The Bertz CT molecular complexity index is 1380. The van der Waals surface area contributed by atoms with E-state index in [1.807, 2.05) is 12.1 Å². The zero-order valence-corrected chi connectivity index (χ0v) is 19.2. The largest absolute Gasteiger partial charge is 0.495 e. The number of fused-ring (bicyclic) bond motifs is 3. The Balaban J connectivity index is 1.47. The zero-order valence-electron chi connectivity index (χ0n) is 18.4. The fourth-order valence-electron chi connectivity index (χ4n) is 4.84. The number of hydrogen-bond donors (Lipinski definition) is 3. The fraction of sp³-hybridized carbons (Fsp3) is 0.192. The molecular weight excluding hydrogens is 452 g/mol. The Kier molecular flexibility index (Phi) is 5.53. The van der Waals surface area contributed by atoms with Crippen molar-refractivity contribution in [3.63, 3.8) is 0 Å². The van der Waals surface area contributed by atoms with Crippen LogP contribution in [0.2, 0.25) is 0 Å². The van der Waals surface area contributed by atoms with Gasteiger partial charge < -0.3 is 15.2 Å². The molecule has 1 aliphatic heterocycles. The van der Waals surface area contributed by atoms with Gasteiger partial charge in [0.05, 0.1) is 29.3 Å². The van der Waals surface area contributed by atoms with Crippen LogP contribution in [-0.2, 0) is 10.0 Å². The average Bonchev–Trinajstić information content (AvgIpc) is 3.34. The minimum Gasteiger partial charge on any atom is -0.495 e. The molecule has 0 spiro atoms. The van der Waals surface area contributed by atoms with Gasteiger partial charge in [-0.2, -0.15) is 0 Å². The third-order valence-corrected chi connectivity index (χ3v) is 7.88. The van der Waals surface area contributed by atoms with E-state index in [0.717, 1.165) is 23.2 Å². The molecule has 34 heavy (non-hydrogen) atoms. The predicted molar refractivity (Wildman–Crippen MR) is 130 cm³/mol. The van der Waals surface area contributed by atoms with E-state index in [9.17, 15) is 18.3 Å². The van der Waals surface area contributed by atoms with E-state index in [0.29, 0.717) is 11.4 Å². The first kappa shape index (κ1) is 22.0. The number of rotatable bonds is 6. The number of anilines is 2. The van der Waals surface area contributed by atoms with Crippen LogP contribution in [0, 0.1) is 5.92 Å². The molecule has 0 fully saturated rings. The molecule has 2 unspecified atom stereocenters. The predicted octanol–water partition coefficient (Wildman–Crippen LogP) is 5.02. The number of allylic oxidation sites excluding steroid dienone is 2. The molecule has 3 aromatic carbocycles. The summed E-state index contributed by atoms with van der Waals surface area (Å²) in [4.78, 5) is 11.4. The standard InChI is InChI=1S/C26H24N2O5S/c1-33-24-8-3-2-7-23(24)28-34(31,32)18-13-14-22-21(15-18)19-5-4-6-20(19)25(27-22)16-9-11-17(12-10-16)26(29)30/h2-5,7-15,19-20,25,27-28H,6H2,1H3,(H,29,30)/t19?,20?,25-/m1/s1. The highest BCUT2D eigenvalue weighted by atomic mass is 32.2. The molecule has 8 heteroatoms. The van der Waals surface area contributed by atoms with Crippen molar-refractivity contribution < 1.29 is 23.1 Å². The van der Waals surface area contributed by atoms with Gasteiger partial charge in [0.2, 0.25) is 0 Å². The van der Waals surface area contributed by atoms with Gasteiger partial charge in [-0.3, -0.25) is 4.72 Å². The lowest BCUT2D eigenvalue weighted by Gasteiger charge is -2.37. The van der Waals surface area contributed by atoms with Crippen LogP contribution in [-0.4, -0.2) is 26.6 Å². The summed E-state index contributed by atoms with van der Waals surface area (Å²) in [5, 5.41) is 12.8. The van der Waals surface area contributed by atoms with Crippen LogP contribution in [0.5, 0.6) is 5.75 Å². The Morgan fingerprint density at radius 1 is 1.09 bits per heavy atom. The summed E-state index contributed by atoms with van der Waals surface area (Å²) in [6.07, 6.45) is 5.10. The lowest BCUT2D eigenvalue weighted by Crippen LogP contribution is -2.29. The first-order valence-corrected chi connectivity index (χ1v) is 12.4. The molecule has 0 bridgehead atoms. The molecule has 0 aromatic heterocycles. The van der Waals surface area contributed by atoms with Crippen molar-refractivity contribution in [1.82, 2.24) is 0 Å². The molecule has 0 amide bonds. The SMILES string of the molecule is COc1ccccc1NS(=O)(=O)c1ccc2c(c1)C1C=CCC1[C@@H](c1ccc(C(=O)O)cc1)N2. The van der Waals surface area contributed by atoms with E-state index in [1.165, 1.54) is 7.11 Å². The van der Waals surface area contributed by atoms with E-state index >= 15 is 0 Å². The van der Waals surface area contributed by atoms with Crippen LogP contribution in [0.4, 0.5) is 11.4 Å². The van der Waals surface area contributed by atoms with Crippen LogP contribution in [0.25, 0.3) is 0 Å². The summed E-state index contributed by atoms with van der Waals surface area (Å²) in [6.45, 7) is 0. The summed E-state index contributed by atoms with van der Waals surface area (Å²) in [5.41, 5.74) is 3.43. The van der Waals surface area contributed by atoms with Crippen LogP contribution < -0.4 is 14.8 Å². The summed E-state index contributed by atoms with van der Waals surface area (Å²) in [5.74, 6) is -0.254. The zero-order chi connectivity index (χ0) is 23.9. The highest BCUT2D eigenvalue weighted by molar-refractivity contribution is 7.92. The number of sulfonamides is 1. The fourth-order valence-corrected chi connectivity index (χ4v) is 5.94. The highest BCUT2D eigenvalue weighted by Crippen LogP contribution is 2.50. The second-order valence-electron chi connectivity index (χ2n) is 8.46. The number of methoxy groups -OCH3 is 1. The maximum Gasteiger partial charge on any atom is 0.335 e. The van der Waals surface area contributed by atoms with E-state index in [4.69, 9.17) is 4.74 Å². The van der Waals surface area contributed by atoms with Crippen molar-refractivity contribution in [3.8, 4) is 5.75 Å². The topological polar surface area (TPSA) is 105 Å². The van der Waals surface area contributed by atoms with Crippen molar-refractivity contribution in [2.75, 3.05) is 17.1 Å². The van der Waals surface area contributed by atoms with Gasteiger partial charge in [0.15, 0.2) is 0 Å². The molecule has 1 aliphatic carbocycles. The minimum atomic E-state index is -3.82. The lowest BCUT2D eigenvalue weighted by molar-refractivity contribution is 0.0697. The third-order valence-electron chi connectivity index (χ3n) is 6.51. The minimum absolute atomic E-state index is 0.00972. The summed E-state index contributed by atoms with van der Waals surface area (Å²) in [7, 11) is -2.33. The molecule has 0 radical (unpaired) electrons. The average molecular weight is 477 g/mol. The second-order valence-corrected chi connectivity index (χ2v) is 10.1. The summed E-state index contributed by atoms with van der Waals surface area (Å²) >= 11 is 0. The van der Waals surface area contributed by atoms with Gasteiger partial charge in [-0.05, 0) is 65.9 Å². The quantitative estimate of drug-likeness (QED) is 0.432. The number of benzene rings is 3. The van der Waals surface area contributed by atoms with Crippen molar-refractivity contribution in [2.45, 2.75) is 23.3 Å². The number of nitrogens with one attached hydrogen (secondary N) is 2. The molecule has 3 aromatic rings. The Labute approximate surface area is 198 Å². The number of carbonyl (C=O) groups is 1. The second kappa shape index (κ2) is 8.53. The number of hydrogen-bond acceptors (Lipinski definition) is 5. The molecule has 3 N–H and O–H groups in total. The van der Waals surface area contributed by atoms with Crippen LogP contribution in [0.1, 0.15) is 39.9 Å². The monoisotopic (exact) mass is 476 g/mol. The number of ether oxygens (including phenoxy) is 1. The molecule has 1 heterocycles. The lowest BCUT2D eigenvalue weighted by atomic mass is 9.77. The first-order chi connectivity index (χ1) is 16.4. The highest BCUT2D eigenvalue weighted by Gasteiger charge is 2.38. The number of aromatic carboxylic acids is 1. The Hall–Kier alpha value is -3.78. The maximum absolute atomic E-state index is 13.2. The van der Waals surface area contributed by atoms with Gasteiger partial charge in [-0.1, -0.05) is 36.4 Å². The van der Waals surface area contributed by atoms with E-state index < -0.39 is 16.0 Å². The first-order valence-electron chi connectivity index (χ1n) is 10.9. The number of para-hydroxylation sites is 2. The molecule has 7 nitrogen and oxygen atoms in total. The van der Waals surface area contributed by atoms with Gasteiger partial charge in [0.1, 0.15) is 5.75 Å². The van der Waals surface area contributed by atoms with E-state index in [1.54, 1.807) is 54.6 Å². The van der Waals surface area contributed by atoms with Gasteiger partial charge in [0, 0.05) is 11.6 Å². The third kappa shape index (κ3) is 3.90. The van der Waals surface area contributed by atoms with E-state index in [2.05, 4.69) is 22.2 Å². The van der Waals surface area contributed by atoms with E-state index in [-0.39, 0.29) is 28.3 Å². The molecule has 2 aliphatic rings. The molecule has 174 valence electrons.